The van der Waals surface area contributed by atoms with Crippen molar-refractivity contribution in [1.29, 1.82) is 0 Å². The molecule has 2 fully saturated rings. The lowest BCUT2D eigenvalue weighted by atomic mass is 9.92. The molecule has 5 rings (SSSR count). The Morgan fingerprint density at radius 1 is 1.18 bits per heavy atom. The number of rotatable bonds is 5. The summed E-state index contributed by atoms with van der Waals surface area (Å²) < 4.78 is 44.7. The molecule has 2 aliphatic rings. The first-order chi connectivity index (χ1) is 15.5. The van der Waals surface area contributed by atoms with Crippen LogP contribution >= 0.6 is 11.6 Å². The van der Waals surface area contributed by atoms with Crippen molar-refractivity contribution in [1.82, 2.24) is 14.7 Å². The molecule has 0 spiro atoms. The van der Waals surface area contributed by atoms with Gasteiger partial charge in [-0.25, -0.2) is 4.98 Å². The van der Waals surface area contributed by atoms with Crippen LogP contribution in [0, 0.1) is 0 Å². The minimum Gasteiger partial charge on any atom is -0.483 e. The molecule has 2 bridgehead atoms. The van der Waals surface area contributed by atoms with Gasteiger partial charge >= 0.3 is 6.18 Å². The highest BCUT2D eigenvalue weighted by Crippen LogP contribution is 2.50. The van der Waals surface area contributed by atoms with E-state index in [0.29, 0.717) is 53.9 Å². The number of amides is 1. The molecule has 1 aromatic carbocycles. The fraction of sp³-hybridized carbons (Fsp3) is 0.391. The molecular formula is C23H21ClF3N3O3. The topological polar surface area (TPSA) is 75.9 Å². The smallest absolute Gasteiger partial charge is 0.422 e. The van der Waals surface area contributed by atoms with Crippen molar-refractivity contribution in [3.8, 4) is 16.9 Å². The maximum Gasteiger partial charge on any atom is 0.422 e. The zero-order valence-corrected chi connectivity index (χ0v) is 18.2. The van der Waals surface area contributed by atoms with E-state index in [4.69, 9.17) is 16.3 Å². The Morgan fingerprint density at radius 2 is 1.91 bits per heavy atom. The normalized spacial score (nSPS) is 24.4. The van der Waals surface area contributed by atoms with Crippen LogP contribution in [0.2, 0.25) is 5.02 Å². The molecule has 2 N–H and O–H groups in total. The molecule has 0 unspecified atom stereocenters. The summed E-state index contributed by atoms with van der Waals surface area (Å²) in [5.74, 6) is -0.336. The average Bonchev–Trinajstić information content (AvgIpc) is 3.41. The second kappa shape index (κ2) is 7.63. The number of aromatic nitrogens is 2. The van der Waals surface area contributed by atoms with E-state index in [1.54, 1.807) is 34.9 Å². The Labute approximate surface area is 192 Å². The van der Waals surface area contributed by atoms with Gasteiger partial charge < -0.3 is 19.6 Å². The molecule has 33 heavy (non-hydrogen) atoms. The number of hydrogen-bond acceptors (Lipinski definition) is 4. The predicted molar refractivity (Wildman–Crippen MR) is 115 cm³/mol. The van der Waals surface area contributed by atoms with E-state index in [1.807, 2.05) is 0 Å². The number of carbonyl (C=O) groups is 1. The lowest BCUT2D eigenvalue weighted by molar-refractivity contribution is -0.153. The number of hydrogen-bond donors (Lipinski definition) is 2. The van der Waals surface area contributed by atoms with Crippen LogP contribution in [0.25, 0.3) is 16.8 Å². The fourth-order valence-corrected chi connectivity index (χ4v) is 5.21. The van der Waals surface area contributed by atoms with Crippen molar-refractivity contribution in [2.75, 3.05) is 6.61 Å². The quantitative estimate of drug-likeness (QED) is 0.552. The van der Waals surface area contributed by atoms with Crippen LogP contribution in [-0.2, 0) is 0 Å². The first-order valence-corrected chi connectivity index (χ1v) is 10.9. The van der Waals surface area contributed by atoms with Crippen molar-refractivity contribution in [3.63, 3.8) is 0 Å². The van der Waals surface area contributed by atoms with Gasteiger partial charge in [0.1, 0.15) is 17.1 Å². The summed E-state index contributed by atoms with van der Waals surface area (Å²) in [4.78, 5) is 17.5. The Balaban J connectivity index is 1.49. The lowest BCUT2D eigenvalue weighted by Crippen LogP contribution is -2.45. The van der Waals surface area contributed by atoms with Gasteiger partial charge in [-0.2, -0.15) is 13.2 Å². The standard InChI is InChI=1S/C23H21ClF3N3O3/c24-14-9-16(15-3-1-2-4-18(15)33-13-23(25,26)27)19-28-17(11-30(19)10-14)20(31)29-21-5-7-22(32,12-21)8-6-21/h1-4,9-11,32H,5-8,12-13H2,(H,29,31). The SMILES string of the molecule is O=C(NC12CCC(O)(CC1)C2)c1cn2cc(Cl)cc(-c3ccccc3OCC(F)(F)F)c2n1. The summed E-state index contributed by atoms with van der Waals surface area (Å²) in [5, 5.41) is 13.8. The molecule has 0 atom stereocenters. The van der Waals surface area contributed by atoms with E-state index < -0.39 is 23.9 Å². The summed E-state index contributed by atoms with van der Waals surface area (Å²) in [6, 6.07) is 7.88. The molecule has 6 nitrogen and oxygen atoms in total. The van der Waals surface area contributed by atoms with Crippen LogP contribution in [-0.4, -0.2) is 44.3 Å². The Hall–Kier alpha value is -2.78. The molecule has 10 heteroatoms. The van der Waals surface area contributed by atoms with Crippen LogP contribution in [0.3, 0.4) is 0 Å². The van der Waals surface area contributed by atoms with Gasteiger partial charge in [0.2, 0.25) is 0 Å². The second-order valence-electron chi connectivity index (χ2n) is 8.96. The third-order valence-corrected chi connectivity index (χ3v) is 6.71. The summed E-state index contributed by atoms with van der Waals surface area (Å²) in [6.07, 6.45) is 1.89. The molecule has 0 saturated heterocycles. The van der Waals surface area contributed by atoms with Gasteiger partial charge in [-0.1, -0.05) is 29.8 Å². The Kier molecular flexibility index (Phi) is 5.10. The van der Waals surface area contributed by atoms with Gasteiger partial charge in [0, 0.05) is 29.1 Å². The molecular weight excluding hydrogens is 459 g/mol. The highest BCUT2D eigenvalue weighted by atomic mass is 35.5. The van der Waals surface area contributed by atoms with E-state index in [9.17, 15) is 23.1 Å². The summed E-state index contributed by atoms with van der Waals surface area (Å²) in [5.41, 5.74) is 0.201. The number of carbonyl (C=O) groups excluding carboxylic acids is 1. The van der Waals surface area contributed by atoms with Crippen LogP contribution in [0.4, 0.5) is 13.2 Å². The van der Waals surface area contributed by atoms with Crippen LogP contribution in [0.15, 0.2) is 42.7 Å². The highest BCUT2D eigenvalue weighted by molar-refractivity contribution is 6.31. The number of benzene rings is 1. The molecule has 2 saturated carbocycles. The zero-order chi connectivity index (χ0) is 23.4. The molecule has 0 radical (unpaired) electrons. The van der Waals surface area contributed by atoms with E-state index in [1.165, 1.54) is 12.3 Å². The average molecular weight is 480 g/mol. The number of nitrogens with zero attached hydrogens (tertiary/aromatic N) is 2. The first-order valence-electron chi connectivity index (χ1n) is 10.6. The number of para-hydroxylation sites is 1. The number of nitrogens with one attached hydrogen (secondary N) is 1. The minimum atomic E-state index is -4.48. The monoisotopic (exact) mass is 479 g/mol. The molecule has 174 valence electrons. The number of halogens is 4. The Morgan fingerprint density at radius 3 is 2.58 bits per heavy atom. The largest absolute Gasteiger partial charge is 0.483 e. The third kappa shape index (κ3) is 4.27. The molecule has 2 aromatic heterocycles. The van der Waals surface area contributed by atoms with Crippen LogP contribution in [0.1, 0.15) is 42.6 Å². The maximum absolute atomic E-state index is 13.0. The number of imidazole rings is 1. The number of fused-ring (bicyclic) bond motifs is 3. The minimum absolute atomic E-state index is 0.0306. The summed E-state index contributed by atoms with van der Waals surface area (Å²) in [7, 11) is 0. The molecule has 2 aliphatic carbocycles. The fourth-order valence-electron chi connectivity index (χ4n) is 5.00. The first kappa shape index (κ1) is 22.0. The van der Waals surface area contributed by atoms with Gasteiger partial charge in [-0.3, -0.25) is 4.79 Å². The number of pyridine rings is 1. The van der Waals surface area contributed by atoms with Gasteiger partial charge in [-0.05, 0) is 44.2 Å². The van der Waals surface area contributed by atoms with Crippen molar-refractivity contribution in [2.24, 2.45) is 0 Å². The summed E-state index contributed by atoms with van der Waals surface area (Å²) >= 11 is 6.27. The van der Waals surface area contributed by atoms with Crippen molar-refractivity contribution in [3.05, 3.63) is 53.4 Å². The van der Waals surface area contributed by atoms with Crippen molar-refractivity contribution < 1.29 is 27.8 Å². The van der Waals surface area contributed by atoms with E-state index in [2.05, 4.69) is 10.3 Å². The lowest BCUT2D eigenvalue weighted by Gasteiger charge is -2.27. The molecule has 2 heterocycles. The van der Waals surface area contributed by atoms with Gasteiger partial charge in [0.25, 0.3) is 5.91 Å². The predicted octanol–water partition coefficient (Wildman–Crippen LogP) is 4.77. The van der Waals surface area contributed by atoms with Crippen LogP contribution < -0.4 is 10.1 Å². The second-order valence-corrected chi connectivity index (χ2v) is 9.40. The maximum atomic E-state index is 13.0. The van der Waals surface area contributed by atoms with Gasteiger partial charge in [-0.15, -0.1) is 0 Å². The molecule has 1 amide bonds. The summed E-state index contributed by atoms with van der Waals surface area (Å²) in [6.45, 7) is -1.43. The number of ether oxygens (including phenoxy) is 1. The van der Waals surface area contributed by atoms with Crippen molar-refractivity contribution >= 4 is 23.2 Å². The van der Waals surface area contributed by atoms with Crippen LogP contribution in [0.5, 0.6) is 5.75 Å². The highest BCUT2D eigenvalue weighted by Gasteiger charge is 2.54. The molecule has 3 aromatic rings. The third-order valence-electron chi connectivity index (χ3n) is 6.50. The van der Waals surface area contributed by atoms with E-state index in [0.717, 1.165) is 0 Å². The van der Waals surface area contributed by atoms with Crippen molar-refractivity contribution in [2.45, 2.75) is 49.4 Å². The Bertz CT molecular complexity index is 1230. The number of alkyl halides is 3. The van der Waals surface area contributed by atoms with E-state index >= 15 is 0 Å². The molecule has 0 aliphatic heterocycles. The van der Waals surface area contributed by atoms with E-state index in [-0.39, 0.29) is 17.4 Å². The number of aliphatic hydroxyl groups is 1. The van der Waals surface area contributed by atoms with Gasteiger partial charge in [0.05, 0.1) is 10.6 Å². The zero-order valence-electron chi connectivity index (χ0n) is 17.5. The van der Waals surface area contributed by atoms with Gasteiger partial charge in [0.15, 0.2) is 6.61 Å².